The van der Waals surface area contributed by atoms with Crippen LogP contribution < -0.4 is 0 Å². The number of benzene rings is 1. The average molecular weight is 310 g/mol. The van der Waals surface area contributed by atoms with Crippen LogP contribution in [0.15, 0.2) is 23.1 Å². The molecule has 1 aliphatic heterocycles. The molecule has 0 saturated carbocycles. The lowest BCUT2D eigenvalue weighted by Crippen LogP contribution is -2.63. The highest BCUT2D eigenvalue weighted by Crippen LogP contribution is 2.31. The molecule has 0 unspecified atom stereocenters. The predicted molar refractivity (Wildman–Crippen MR) is 80.6 cm³/mol. The quantitative estimate of drug-likeness (QED) is 0.512. The Morgan fingerprint density at radius 3 is 2.71 bits per heavy atom. The van der Waals surface area contributed by atoms with Gasteiger partial charge >= 0.3 is 0 Å². The smallest absolute Gasteiger partial charge is 0.283 e. The number of carbonyl (C=O) groups is 1. The van der Waals surface area contributed by atoms with Gasteiger partial charge in [-0.1, -0.05) is 13.3 Å². The van der Waals surface area contributed by atoms with Gasteiger partial charge in [-0.3, -0.25) is 14.9 Å². The van der Waals surface area contributed by atoms with E-state index in [4.69, 9.17) is 0 Å². The minimum atomic E-state index is -0.796. The van der Waals surface area contributed by atoms with Crippen LogP contribution in [0.3, 0.4) is 0 Å². The maximum Gasteiger partial charge on any atom is 0.283 e. The normalized spacial score (nSPS) is 16.4. The number of aliphatic hydroxyl groups is 1. The molecular formula is C14H18N2O4S. The first-order valence-corrected chi connectivity index (χ1v) is 7.97. The van der Waals surface area contributed by atoms with E-state index >= 15 is 0 Å². The van der Waals surface area contributed by atoms with Gasteiger partial charge in [0.1, 0.15) is 0 Å². The monoisotopic (exact) mass is 310 g/mol. The van der Waals surface area contributed by atoms with Gasteiger partial charge in [0.05, 0.1) is 28.5 Å². The zero-order valence-corrected chi connectivity index (χ0v) is 12.9. The lowest BCUT2D eigenvalue weighted by atomic mass is 9.89. The number of likely N-dealkylation sites (tertiary alicyclic amines) is 1. The third-order valence-corrected chi connectivity index (χ3v) is 4.38. The molecule has 1 heterocycles. The predicted octanol–water partition coefficient (Wildman–Crippen LogP) is 2.30. The number of nitro benzene ring substituents is 1. The van der Waals surface area contributed by atoms with Gasteiger partial charge in [0.25, 0.3) is 11.6 Å². The van der Waals surface area contributed by atoms with Crippen molar-refractivity contribution >= 4 is 23.4 Å². The Balaban J connectivity index is 2.14. The maximum atomic E-state index is 12.3. The van der Waals surface area contributed by atoms with E-state index in [0.717, 1.165) is 6.42 Å². The summed E-state index contributed by atoms with van der Waals surface area (Å²) in [5, 5.41) is 21.1. The second-order valence-electron chi connectivity index (χ2n) is 5.28. The fraction of sp³-hybridized carbons (Fsp3) is 0.500. The molecule has 6 nitrogen and oxygen atoms in total. The van der Waals surface area contributed by atoms with Crippen molar-refractivity contribution in [3.8, 4) is 0 Å². The minimum Gasteiger partial charge on any atom is -0.386 e. The Morgan fingerprint density at radius 2 is 2.19 bits per heavy atom. The average Bonchev–Trinajstić information content (AvgIpc) is 2.43. The molecule has 0 aromatic heterocycles. The molecule has 0 aliphatic carbocycles. The van der Waals surface area contributed by atoms with Crippen LogP contribution in [0.1, 0.15) is 30.1 Å². The lowest BCUT2D eigenvalue weighted by Gasteiger charge is -2.46. The number of amides is 1. The summed E-state index contributed by atoms with van der Waals surface area (Å²) in [6.07, 6.45) is 3.26. The van der Waals surface area contributed by atoms with Crippen LogP contribution >= 0.6 is 11.8 Å². The molecule has 1 saturated heterocycles. The van der Waals surface area contributed by atoms with Gasteiger partial charge in [0.2, 0.25) is 0 Å². The highest BCUT2D eigenvalue weighted by molar-refractivity contribution is 7.98. The Kier molecular flexibility index (Phi) is 4.53. The highest BCUT2D eigenvalue weighted by atomic mass is 32.2. The fourth-order valence-electron chi connectivity index (χ4n) is 2.58. The van der Waals surface area contributed by atoms with E-state index < -0.39 is 10.5 Å². The summed E-state index contributed by atoms with van der Waals surface area (Å²) in [5.74, 6) is -0.272. The van der Waals surface area contributed by atoms with Gasteiger partial charge in [0, 0.05) is 11.6 Å². The molecule has 1 aromatic carbocycles. The molecule has 0 bridgehead atoms. The number of β-amino-alcohol motifs (C(OH)–C–C–N with tert-alkyl or cyclic N) is 1. The molecule has 1 fully saturated rings. The standard InChI is InChI=1S/C14H18N2O4S/c1-3-6-14(18)8-15(9-14)13(17)10-4-5-12(21-2)11(7-10)16(19)20/h4-5,7,18H,3,6,8-9H2,1-2H3. The number of hydrogen-bond acceptors (Lipinski definition) is 5. The van der Waals surface area contributed by atoms with E-state index in [1.54, 1.807) is 18.4 Å². The zero-order chi connectivity index (χ0) is 15.6. The van der Waals surface area contributed by atoms with E-state index in [1.807, 2.05) is 6.92 Å². The van der Waals surface area contributed by atoms with Gasteiger partial charge in [-0.15, -0.1) is 11.8 Å². The Labute approximate surface area is 127 Å². The van der Waals surface area contributed by atoms with Crippen LogP contribution in [-0.2, 0) is 0 Å². The van der Waals surface area contributed by atoms with Crippen LogP contribution in [0.4, 0.5) is 5.69 Å². The summed E-state index contributed by atoms with van der Waals surface area (Å²) >= 11 is 1.27. The van der Waals surface area contributed by atoms with Crippen molar-refractivity contribution in [2.45, 2.75) is 30.3 Å². The molecule has 0 radical (unpaired) electrons. The second-order valence-corrected chi connectivity index (χ2v) is 6.13. The zero-order valence-electron chi connectivity index (χ0n) is 12.0. The number of hydrogen-bond donors (Lipinski definition) is 1. The molecule has 7 heteroatoms. The van der Waals surface area contributed by atoms with Crippen molar-refractivity contribution in [1.82, 2.24) is 4.90 Å². The molecule has 2 rings (SSSR count). The molecule has 1 amide bonds. The molecule has 0 spiro atoms. The summed E-state index contributed by atoms with van der Waals surface area (Å²) < 4.78 is 0. The Bertz CT molecular complexity index is 570. The van der Waals surface area contributed by atoms with Crippen molar-refractivity contribution in [1.29, 1.82) is 0 Å². The van der Waals surface area contributed by atoms with Crippen molar-refractivity contribution in [2.24, 2.45) is 0 Å². The van der Waals surface area contributed by atoms with Crippen LogP contribution in [-0.4, -0.2) is 45.8 Å². The van der Waals surface area contributed by atoms with Crippen LogP contribution in [0.5, 0.6) is 0 Å². The summed E-state index contributed by atoms with van der Waals surface area (Å²) in [6, 6.07) is 4.50. The van der Waals surface area contributed by atoms with Gasteiger partial charge < -0.3 is 10.0 Å². The molecule has 1 aliphatic rings. The van der Waals surface area contributed by atoms with Gasteiger partial charge in [-0.2, -0.15) is 0 Å². The summed E-state index contributed by atoms with van der Waals surface area (Å²) in [6.45, 7) is 2.56. The fourth-order valence-corrected chi connectivity index (χ4v) is 3.13. The van der Waals surface area contributed by atoms with E-state index in [9.17, 15) is 20.0 Å². The van der Waals surface area contributed by atoms with E-state index in [2.05, 4.69) is 0 Å². The largest absolute Gasteiger partial charge is 0.386 e. The Morgan fingerprint density at radius 1 is 1.52 bits per heavy atom. The minimum absolute atomic E-state index is 0.0577. The first-order chi connectivity index (χ1) is 9.90. The van der Waals surface area contributed by atoms with Crippen molar-refractivity contribution in [3.05, 3.63) is 33.9 Å². The van der Waals surface area contributed by atoms with E-state index in [0.29, 0.717) is 11.3 Å². The first-order valence-electron chi connectivity index (χ1n) is 6.74. The van der Waals surface area contributed by atoms with Crippen LogP contribution in [0.25, 0.3) is 0 Å². The number of nitro groups is 1. The van der Waals surface area contributed by atoms with Gasteiger partial charge in [-0.05, 0) is 24.8 Å². The van der Waals surface area contributed by atoms with Crippen molar-refractivity contribution in [2.75, 3.05) is 19.3 Å². The molecule has 0 atom stereocenters. The lowest BCUT2D eigenvalue weighted by molar-refractivity contribution is -0.387. The van der Waals surface area contributed by atoms with E-state index in [1.165, 1.54) is 22.7 Å². The molecular weight excluding hydrogens is 292 g/mol. The summed E-state index contributed by atoms with van der Waals surface area (Å²) in [5.41, 5.74) is -0.564. The van der Waals surface area contributed by atoms with E-state index in [-0.39, 0.29) is 30.2 Å². The Hall–Kier alpha value is -1.60. The number of thioether (sulfide) groups is 1. The number of rotatable bonds is 5. The molecule has 1 N–H and O–H groups in total. The van der Waals surface area contributed by atoms with Crippen LogP contribution in [0.2, 0.25) is 0 Å². The molecule has 114 valence electrons. The maximum absolute atomic E-state index is 12.3. The number of carbonyl (C=O) groups excluding carboxylic acids is 1. The third kappa shape index (κ3) is 3.19. The summed E-state index contributed by atoms with van der Waals surface area (Å²) in [7, 11) is 0. The first kappa shape index (κ1) is 15.8. The molecule has 1 aromatic rings. The summed E-state index contributed by atoms with van der Waals surface area (Å²) in [4.78, 5) is 24.9. The van der Waals surface area contributed by atoms with Crippen molar-refractivity contribution < 1.29 is 14.8 Å². The third-order valence-electron chi connectivity index (χ3n) is 3.60. The second kappa shape index (κ2) is 6.03. The topological polar surface area (TPSA) is 83.7 Å². The number of nitrogens with zero attached hydrogens (tertiary/aromatic N) is 2. The van der Waals surface area contributed by atoms with Gasteiger partial charge in [-0.25, -0.2) is 0 Å². The highest BCUT2D eigenvalue weighted by Gasteiger charge is 2.43. The molecule has 21 heavy (non-hydrogen) atoms. The SMILES string of the molecule is CCCC1(O)CN(C(=O)c2ccc(SC)c([N+](=O)[O-])c2)C1. The van der Waals surface area contributed by atoms with Crippen molar-refractivity contribution in [3.63, 3.8) is 0 Å². The van der Waals surface area contributed by atoms with Gasteiger partial charge in [0.15, 0.2) is 0 Å². The van der Waals surface area contributed by atoms with Crippen LogP contribution in [0, 0.1) is 10.1 Å².